The Labute approximate surface area is 575 Å². The minimum absolute atomic E-state index is 0.104. The summed E-state index contributed by atoms with van der Waals surface area (Å²) in [7, 11) is -9.91. The van der Waals surface area contributed by atoms with Crippen LogP contribution in [0.15, 0.2) is 0 Å². The fourth-order valence-corrected chi connectivity index (χ4v) is 12.9. The maximum atomic E-state index is 13.1. The zero-order chi connectivity index (χ0) is 69.6. The van der Waals surface area contributed by atoms with Gasteiger partial charge in [-0.2, -0.15) is 0 Å². The van der Waals surface area contributed by atoms with Gasteiger partial charge in [0.1, 0.15) is 19.3 Å². The second-order valence-electron chi connectivity index (χ2n) is 28.2. The van der Waals surface area contributed by atoms with Crippen molar-refractivity contribution in [2.24, 2.45) is 23.7 Å². The lowest BCUT2D eigenvalue weighted by molar-refractivity contribution is -0.161. The van der Waals surface area contributed by atoms with Crippen LogP contribution in [-0.2, 0) is 65.4 Å². The number of hydrogen-bond donors (Lipinski definition) is 3. The van der Waals surface area contributed by atoms with Crippen molar-refractivity contribution in [1.29, 1.82) is 0 Å². The zero-order valence-electron chi connectivity index (χ0n) is 61.6. The van der Waals surface area contributed by atoms with Crippen molar-refractivity contribution >= 4 is 39.5 Å². The lowest BCUT2D eigenvalue weighted by Crippen LogP contribution is -2.30. The zero-order valence-corrected chi connectivity index (χ0v) is 63.4. The molecule has 0 aliphatic heterocycles. The van der Waals surface area contributed by atoms with Crippen molar-refractivity contribution in [3.05, 3.63) is 0 Å². The molecule has 558 valence electrons. The van der Waals surface area contributed by atoms with Gasteiger partial charge >= 0.3 is 39.5 Å². The standard InChI is InChI=1S/C75H146O17P2/c1-9-66(6)52-44-36-28-22-19-20-23-30-39-47-55-72(77)85-61-70(92-75(80)58-50-42-32-26-25-29-37-45-53-67(7)10-2)63-89-93(81,82)87-59-69(76)60-88-94(83,84)90-64-71(62-86-73(78)56-48-40-34-33-38-46-54-68(8)11-3)91-74(79)57-49-41-31-24-18-16-14-12-13-15-17-21-27-35-43-51-65(4)5/h65-71,76H,9-64H2,1-8H3,(H,81,82)(H,83,84)/t66?,67?,68?,69-,70-,71-/m1/s1. The number of phosphoric ester groups is 2. The van der Waals surface area contributed by atoms with E-state index in [0.717, 1.165) is 120 Å². The molecular weight excluding hydrogens is 1230 g/mol. The van der Waals surface area contributed by atoms with Gasteiger partial charge in [-0.1, -0.05) is 325 Å². The van der Waals surface area contributed by atoms with Crippen LogP contribution >= 0.6 is 15.6 Å². The van der Waals surface area contributed by atoms with Gasteiger partial charge in [0.05, 0.1) is 26.4 Å². The topological polar surface area (TPSA) is 237 Å². The van der Waals surface area contributed by atoms with E-state index in [1.54, 1.807) is 0 Å². The third-order valence-electron chi connectivity index (χ3n) is 18.4. The normalized spacial score (nSPS) is 15.0. The van der Waals surface area contributed by atoms with Gasteiger partial charge in [-0.25, -0.2) is 9.13 Å². The van der Waals surface area contributed by atoms with Crippen LogP contribution in [0.25, 0.3) is 0 Å². The Hall–Kier alpha value is -1.94. The van der Waals surface area contributed by atoms with E-state index in [1.165, 1.54) is 173 Å². The summed E-state index contributed by atoms with van der Waals surface area (Å²) in [5, 5.41) is 10.6. The molecule has 17 nitrogen and oxygen atoms in total. The lowest BCUT2D eigenvalue weighted by atomic mass is 9.99. The van der Waals surface area contributed by atoms with Crippen molar-refractivity contribution in [3.63, 3.8) is 0 Å². The van der Waals surface area contributed by atoms with Crippen LogP contribution in [0.2, 0.25) is 0 Å². The molecule has 0 aromatic rings. The molecule has 0 rings (SSSR count). The van der Waals surface area contributed by atoms with Gasteiger partial charge in [0.15, 0.2) is 12.2 Å². The molecule has 0 fully saturated rings. The lowest BCUT2D eigenvalue weighted by Gasteiger charge is -2.21. The number of unbranched alkanes of at least 4 members (excludes halogenated alkanes) is 35. The molecular formula is C75H146O17P2. The van der Waals surface area contributed by atoms with Crippen molar-refractivity contribution < 1.29 is 80.2 Å². The van der Waals surface area contributed by atoms with E-state index >= 15 is 0 Å². The second kappa shape index (κ2) is 64.4. The molecule has 0 heterocycles. The van der Waals surface area contributed by atoms with Crippen LogP contribution in [0.3, 0.4) is 0 Å². The molecule has 5 unspecified atom stereocenters. The van der Waals surface area contributed by atoms with Gasteiger partial charge in [-0.15, -0.1) is 0 Å². The average molecular weight is 1380 g/mol. The highest BCUT2D eigenvalue weighted by atomic mass is 31.2. The summed E-state index contributed by atoms with van der Waals surface area (Å²) < 4.78 is 68.5. The monoisotopic (exact) mass is 1380 g/mol. The van der Waals surface area contributed by atoms with Gasteiger partial charge in [-0.05, 0) is 49.4 Å². The number of carbonyl (C=O) groups excluding carboxylic acids is 4. The Morgan fingerprint density at radius 3 is 0.755 bits per heavy atom. The fraction of sp³-hybridized carbons (Fsp3) is 0.947. The number of aliphatic hydroxyl groups excluding tert-OH is 1. The largest absolute Gasteiger partial charge is 0.472 e. The van der Waals surface area contributed by atoms with Crippen molar-refractivity contribution in [1.82, 2.24) is 0 Å². The number of carbonyl (C=O) groups is 4. The fourth-order valence-electron chi connectivity index (χ4n) is 11.3. The summed E-state index contributed by atoms with van der Waals surface area (Å²) in [6.07, 6.45) is 48.5. The van der Waals surface area contributed by atoms with E-state index in [-0.39, 0.29) is 25.7 Å². The number of phosphoric acid groups is 2. The van der Waals surface area contributed by atoms with Gasteiger partial charge in [0.25, 0.3) is 0 Å². The van der Waals surface area contributed by atoms with E-state index in [2.05, 4.69) is 55.4 Å². The molecule has 0 saturated carbocycles. The third kappa shape index (κ3) is 64.7. The van der Waals surface area contributed by atoms with Crippen LogP contribution in [0.1, 0.15) is 376 Å². The number of ether oxygens (including phenoxy) is 4. The SMILES string of the molecule is CCC(C)CCCCCCCCCCCCC(=O)OC[C@H](COP(=O)(O)OC[C@@H](O)COP(=O)(O)OC[C@@H](COC(=O)CCCCCCCCC(C)CC)OC(=O)CCCCCCCCCCCCCCCCCC(C)C)OC(=O)CCCCCCCCCCC(C)CC. The highest BCUT2D eigenvalue weighted by Gasteiger charge is 2.30. The van der Waals surface area contributed by atoms with E-state index in [4.69, 9.17) is 37.0 Å². The average Bonchev–Trinajstić information content (AvgIpc) is 1.15. The number of rotatable bonds is 72. The molecule has 0 aliphatic carbocycles. The van der Waals surface area contributed by atoms with E-state index in [9.17, 15) is 43.2 Å². The molecule has 0 aromatic carbocycles. The van der Waals surface area contributed by atoms with Gasteiger partial charge < -0.3 is 33.8 Å². The van der Waals surface area contributed by atoms with Crippen LogP contribution in [0.4, 0.5) is 0 Å². The Morgan fingerprint density at radius 2 is 0.511 bits per heavy atom. The summed E-state index contributed by atoms with van der Waals surface area (Å²) in [4.78, 5) is 72.8. The molecule has 8 atom stereocenters. The van der Waals surface area contributed by atoms with Gasteiger partial charge in [-0.3, -0.25) is 37.3 Å². The van der Waals surface area contributed by atoms with E-state index in [0.29, 0.717) is 25.7 Å². The molecule has 0 spiro atoms. The summed E-state index contributed by atoms with van der Waals surface area (Å²) in [6.45, 7) is 14.2. The minimum atomic E-state index is -4.96. The summed E-state index contributed by atoms with van der Waals surface area (Å²) in [5.74, 6) is 0.988. The van der Waals surface area contributed by atoms with Crippen LogP contribution in [0, 0.1) is 23.7 Å². The third-order valence-corrected chi connectivity index (χ3v) is 20.3. The highest BCUT2D eigenvalue weighted by molar-refractivity contribution is 7.47. The summed E-state index contributed by atoms with van der Waals surface area (Å²) >= 11 is 0. The van der Waals surface area contributed by atoms with E-state index < -0.39 is 97.5 Å². The molecule has 0 amide bonds. The Bertz CT molecular complexity index is 1860. The predicted octanol–water partition coefficient (Wildman–Crippen LogP) is 21.7. The van der Waals surface area contributed by atoms with Crippen LogP contribution in [-0.4, -0.2) is 96.7 Å². The Kier molecular flexibility index (Phi) is 63.1. The first kappa shape index (κ1) is 92.1. The number of hydrogen-bond acceptors (Lipinski definition) is 15. The molecule has 94 heavy (non-hydrogen) atoms. The molecule has 0 aliphatic rings. The van der Waals surface area contributed by atoms with Crippen molar-refractivity contribution in [3.8, 4) is 0 Å². The Morgan fingerprint density at radius 1 is 0.298 bits per heavy atom. The summed E-state index contributed by atoms with van der Waals surface area (Å²) in [5.41, 5.74) is 0. The van der Waals surface area contributed by atoms with Crippen molar-refractivity contribution in [2.75, 3.05) is 39.6 Å². The molecule has 0 saturated heterocycles. The van der Waals surface area contributed by atoms with Crippen molar-refractivity contribution in [2.45, 2.75) is 395 Å². The predicted molar refractivity (Wildman–Crippen MR) is 381 cm³/mol. The molecule has 3 N–H and O–H groups in total. The van der Waals surface area contributed by atoms with Gasteiger partial charge in [0.2, 0.25) is 0 Å². The molecule has 0 bridgehead atoms. The number of esters is 4. The molecule has 0 radical (unpaired) electrons. The first-order valence-electron chi connectivity index (χ1n) is 38.8. The van der Waals surface area contributed by atoms with Crippen LogP contribution in [0.5, 0.6) is 0 Å². The molecule has 0 aromatic heterocycles. The quantitative estimate of drug-likeness (QED) is 0.0222. The maximum absolute atomic E-state index is 13.1. The summed E-state index contributed by atoms with van der Waals surface area (Å²) in [6, 6.07) is 0. The Balaban J connectivity index is 5.24. The first-order chi connectivity index (χ1) is 45.2. The first-order valence-corrected chi connectivity index (χ1v) is 41.8. The maximum Gasteiger partial charge on any atom is 0.472 e. The van der Waals surface area contributed by atoms with E-state index in [1.807, 2.05) is 0 Å². The molecule has 19 heteroatoms. The van der Waals surface area contributed by atoms with Gasteiger partial charge in [0, 0.05) is 25.7 Å². The number of aliphatic hydroxyl groups is 1. The van der Waals surface area contributed by atoms with Crippen LogP contribution < -0.4 is 0 Å². The minimum Gasteiger partial charge on any atom is -0.462 e. The highest BCUT2D eigenvalue weighted by Crippen LogP contribution is 2.45. The smallest absolute Gasteiger partial charge is 0.462 e. The second-order valence-corrected chi connectivity index (χ2v) is 31.1.